The molecule has 90 valence electrons. The van der Waals surface area contributed by atoms with Crippen molar-refractivity contribution in [1.82, 2.24) is 0 Å². The number of hydrogen-bond donors (Lipinski definition) is 1. The Labute approximate surface area is 101 Å². The molecule has 4 nitrogen and oxygen atoms in total. The first-order chi connectivity index (χ1) is 8.33. The second-order valence-corrected chi connectivity index (χ2v) is 3.51. The van der Waals surface area contributed by atoms with Gasteiger partial charge in [-0.15, -0.1) is 0 Å². The van der Waals surface area contributed by atoms with Gasteiger partial charge in [-0.05, 0) is 25.0 Å². The Balaban J connectivity index is 2.75. The highest BCUT2D eigenvalue weighted by Gasteiger charge is 2.08. The molecule has 0 aliphatic heterocycles. The van der Waals surface area contributed by atoms with Crippen molar-refractivity contribution >= 4 is 5.71 Å². The van der Waals surface area contributed by atoms with Gasteiger partial charge in [-0.25, -0.2) is 0 Å². The minimum absolute atomic E-state index is 0.483. The smallest absolute Gasteiger partial charge is 0.128 e. The molecule has 0 amide bonds. The van der Waals surface area contributed by atoms with Crippen LogP contribution < -0.4 is 4.74 Å². The Morgan fingerprint density at radius 3 is 2.88 bits per heavy atom. The van der Waals surface area contributed by atoms with Crippen molar-refractivity contribution in [1.29, 1.82) is 5.26 Å². The highest BCUT2D eigenvalue weighted by molar-refractivity contribution is 6.02. The maximum absolute atomic E-state index is 8.90. The van der Waals surface area contributed by atoms with E-state index in [0.29, 0.717) is 37.3 Å². The summed E-state index contributed by atoms with van der Waals surface area (Å²) in [6.45, 7) is 2.41. The van der Waals surface area contributed by atoms with Crippen LogP contribution in [0.1, 0.15) is 31.7 Å². The normalized spacial score (nSPS) is 10.9. The number of benzene rings is 1. The van der Waals surface area contributed by atoms with Gasteiger partial charge in [0.1, 0.15) is 5.75 Å². The van der Waals surface area contributed by atoms with E-state index in [4.69, 9.17) is 15.2 Å². The van der Waals surface area contributed by atoms with E-state index < -0.39 is 0 Å². The lowest BCUT2D eigenvalue weighted by molar-refractivity contribution is 0.308. The third kappa shape index (κ3) is 3.80. The summed E-state index contributed by atoms with van der Waals surface area (Å²) in [6, 6.07) is 9.51. The van der Waals surface area contributed by atoms with Gasteiger partial charge in [0.15, 0.2) is 0 Å². The van der Waals surface area contributed by atoms with Crippen molar-refractivity contribution in [2.45, 2.75) is 26.2 Å². The highest BCUT2D eigenvalue weighted by atomic mass is 16.5. The van der Waals surface area contributed by atoms with Crippen molar-refractivity contribution in [3.05, 3.63) is 29.8 Å². The lowest BCUT2D eigenvalue weighted by Gasteiger charge is -2.10. The number of rotatable bonds is 6. The predicted octanol–water partition coefficient (Wildman–Crippen LogP) is 2.96. The van der Waals surface area contributed by atoms with Crippen molar-refractivity contribution in [3.63, 3.8) is 0 Å². The zero-order valence-corrected chi connectivity index (χ0v) is 9.89. The Hall–Kier alpha value is -2.02. The van der Waals surface area contributed by atoms with Gasteiger partial charge in [-0.3, -0.25) is 0 Å². The largest absolute Gasteiger partial charge is 0.493 e. The van der Waals surface area contributed by atoms with E-state index in [1.807, 2.05) is 31.2 Å². The van der Waals surface area contributed by atoms with Crippen LogP contribution in [-0.2, 0) is 0 Å². The minimum atomic E-state index is 0.483. The van der Waals surface area contributed by atoms with Crippen LogP contribution in [0, 0.1) is 11.3 Å². The summed E-state index contributed by atoms with van der Waals surface area (Å²) in [5, 5.41) is 20.6. The van der Waals surface area contributed by atoms with Crippen LogP contribution in [0.4, 0.5) is 0 Å². The van der Waals surface area contributed by atoms with Crippen LogP contribution >= 0.6 is 0 Å². The van der Waals surface area contributed by atoms with E-state index in [2.05, 4.69) is 11.2 Å². The average Bonchev–Trinajstić information content (AvgIpc) is 2.38. The van der Waals surface area contributed by atoms with Crippen LogP contribution in [0.25, 0.3) is 0 Å². The fourth-order valence-corrected chi connectivity index (χ4v) is 1.48. The minimum Gasteiger partial charge on any atom is -0.493 e. The lowest BCUT2D eigenvalue weighted by Crippen LogP contribution is -2.05. The maximum atomic E-state index is 8.90. The fraction of sp³-hybridized carbons (Fsp3) is 0.385. The molecule has 4 heteroatoms. The molecule has 0 bridgehead atoms. The summed E-state index contributed by atoms with van der Waals surface area (Å²) in [6.07, 6.45) is 1.81. The van der Waals surface area contributed by atoms with E-state index in [0.717, 1.165) is 5.56 Å². The second-order valence-electron chi connectivity index (χ2n) is 3.51. The highest BCUT2D eigenvalue weighted by Crippen LogP contribution is 2.20. The zero-order chi connectivity index (χ0) is 12.5. The summed E-state index contributed by atoms with van der Waals surface area (Å²) in [4.78, 5) is 0. The molecule has 0 fully saturated rings. The molecule has 0 saturated heterocycles. The quantitative estimate of drug-likeness (QED) is 0.355. The lowest BCUT2D eigenvalue weighted by atomic mass is 10.1. The molecule has 0 radical (unpaired) electrons. The van der Waals surface area contributed by atoms with Crippen LogP contribution in [0.5, 0.6) is 5.75 Å². The first kappa shape index (κ1) is 13.0. The number of para-hydroxylation sites is 1. The third-order valence-corrected chi connectivity index (χ3v) is 2.34. The summed E-state index contributed by atoms with van der Waals surface area (Å²) in [5.74, 6) is 0.695. The number of nitriles is 1. The maximum Gasteiger partial charge on any atom is 0.128 e. The molecule has 0 heterocycles. The Kier molecular flexibility index (Phi) is 5.59. The van der Waals surface area contributed by atoms with Crippen molar-refractivity contribution in [2.75, 3.05) is 6.61 Å². The van der Waals surface area contributed by atoms with Crippen LogP contribution in [0.2, 0.25) is 0 Å². The van der Waals surface area contributed by atoms with Gasteiger partial charge in [0.25, 0.3) is 0 Å². The monoisotopic (exact) mass is 232 g/mol. The van der Waals surface area contributed by atoms with Crippen LogP contribution in [-0.4, -0.2) is 17.5 Å². The summed E-state index contributed by atoms with van der Waals surface area (Å²) >= 11 is 0. The Morgan fingerprint density at radius 1 is 1.47 bits per heavy atom. The van der Waals surface area contributed by atoms with Gasteiger partial charge < -0.3 is 9.94 Å². The average molecular weight is 232 g/mol. The van der Waals surface area contributed by atoms with E-state index in [9.17, 15) is 0 Å². The SMILES string of the molecule is CC/C(=N\O)c1ccccc1OCCCC#N. The first-order valence-corrected chi connectivity index (χ1v) is 5.63. The number of ether oxygens (including phenoxy) is 1. The molecule has 0 saturated carbocycles. The van der Waals surface area contributed by atoms with Gasteiger partial charge >= 0.3 is 0 Å². The summed E-state index contributed by atoms with van der Waals surface area (Å²) < 4.78 is 5.58. The standard InChI is InChI=1S/C13H16N2O2/c1-2-12(15-16)11-7-3-4-8-13(11)17-10-6-5-9-14/h3-4,7-8,16H,2,5-6,10H2,1H3/b15-12+. The summed E-state index contributed by atoms with van der Waals surface area (Å²) in [5.41, 5.74) is 1.40. The Morgan fingerprint density at radius 2 is 2.24 bits per heavy atom. The summed E-state index contributed by atoms with van der Waals surface area (Å²) in [7, 11) is 0. The van der Waals surface area contributed by atoms with E-state index >= 15 is 0 Å². The van der Waals surface area contributed by atoms with Gasteiger partial charge in [0.05, 0.1) is 18.4 Å². The van der Waals surface area contributed by atoms with E-state index in [-0.39, 0.29) is 0 Å². The molecule has 1 N–H and O–H groups in total. The molecule has 0 aliphatic rings. The van der Waals surface area contributed by atoms with E-state index in [1.165, 1.54) is 0 Å². The molecule has 0 aliphatic carbocycles. The molecule has 0 spiro atoms. The molecule has 0 atom stereocenters. The van der Waals surface area contributed by atoms with Crippen LogP contribution in [0.15, 0.2) is 29.4 Å². The van der Waals surface area contributed by atoms with Gasteiger partial charge in [0.2, 0.25) is 0 Å². The number of hydrogen-bond acceptors (Lipinski definition) is 4. The van der Waals surface area contributed by atoms with Gasteiger partial charge in [0, 0.05) is 12.0 Å². The molecule has 1 aromatic rings. The van der Waals surface area contributed by atoms with Gasteiger partial charge in [-0.1, -0.05) is 24.2 Å². The molecular formula is C13H16N2O2. The number of oxime groups is 1. The second kappa shape index (κ2) is 7.29. The van der Waals surface area contributed by atoms with Gasteiger partial charge in [-0.2, -0.15) is 5.26 Å². The molecule has 1 rings (SSSR count). The van der Waals surface area contributed by atoms with Crippen LogP contribution in [0.3, 0.4) is 0 Å². The molecule has 17 heavy (non-hydrogen) atoms. The topological polar surface area (TPSA) is 65.6 Å². The van der Waals surface area contributed by atoms with Crippen molar-refractivity contribution in [3.8, 4) is 11.8 Å². The number of unbranched alkanes of at least 4 members (excludes halogenated alkanes) is 1. The predicted molar refractivity (Wildman–Crippen MR) is 65.4 cm³/mol. The third-order valence-electron chi connectivity index (χ3n) is 2.34. The molecule has 1 aromatic carbocycles. The number of nitrogens with zero attached hydrogens (tertiary/aromatic N) is 2. The first-order valence-electron chi connectivity index (χ1n) is 5.63. The van der Waals surface area contributed by atoms with Crippen molar-refractivity contribution < 1.29 is 9.94 Å². The molecular weight excluding hydrogens is 216 g/mol. The zero-order valence-electron chi connectivity index (χ0n) is 9.89. The van der Waals surface area contributed by atoms with E-state index in [1.54, 1.807) is 0 Å². The molecule has 0 aromatic heterocycles. The Bertz CT molecular complexity index is 422. The molecule has 0 unspecified atom stereocenters. The fourth-order valence-electron chi connectivity index (χ4n) is 1.48. The van der Waals surface area contributed by atoms with Crippen molar-refractivity contribution in [2.24, 2.45) is 5.16 Å².